The fourth-order valence-electron chi connectivity index (χ4n) is 1.26. The maximum absolute atomic E-state index is 11.8. The van der Waals surface area contributed by atoms with E-state index in [0.717, 1.165) is 11.8 Å². The Kier molecular flexibility index (Phi) is 5.59. The first-order valence-electron chi connectivity index (χ1n) is 4.72. The summed E-state index contributed by atoms with van der Waals surface area (Å²) in [6.45, 7) is 0. The number of ether oxygens (including phenoxy) is 1. The van der Waals surface area contributed by atoms with Crippen LogP contribution in [0.5, 0.6) is 5.75 Å². The van der Waals surface area contributed by atoms with Gasteiger partial charge < -0.3 is 4.74 Å². The van der Waals surface area contributed by atoms with E-state index >= 15 is 0 Å². The summed E-state index contributed by atoms with van der Waals surface area (Å²) >= 11 is 15.1. The fraction of sp³-hybridized carbons (Fsp3) is 0.364. The van der Waals surface area contributed by atoms with Gasteiger partial charge in [-0.05, 0) is 18.6 Å². The zero-order valence-corrected chi connectivity index (χ0v) is 11.8. The van der Waals surface area contributed by atoms with Crippen molar-refractivity contribution in [2.24, 2.45) is 0 Å². The lowest BCUT2D eigenvalue weighted by molar-refractivity contribution is 0.0982. The lowest BCUT2D eigenvalue weighted by Gasteiger charge is -2.08. The average molecular weight is 326 g/mol. The number of hydrogen-bond donors (Lipinski definition) is 0. The lowest BCUT2D eigenvalue weighted by Crippen LogP contribution is -2.01. The Morgan fingerprint density at radius 2 is 2.06 bits per heavy atom. The Bertz CT molecular complexity index is 394. The summed E-state index contributed by atoms with van der Waals surface area (Å²) in [5.41, 5.74) is 0.462. The Morgan fingerprint density at radius 3 is 2.62 bits per heavy atom. The molecule has 0 atom stereocenters. The van der Waals surface area contributed by atoms with Crippen molar-refractivity contribution in [2.45, 2.75) is 12.8 Å². The summed E-state index contributed by atoms with van der Waals surface area (Å²) < 4.78 is 5.04. The molecule has 0 amide bonds. The topological polar surface area (TPSA) is 26.3 Å². The molecule has 0 saturated heterocycles. The molecule has 88 valence electrons. The van der Waals surface area contributed by atoms with Gasteiger partial charge in [-0.1, -0.05) is 39.1 Å². The third kappa shape index (κ3) is 3.37. The normalized spacial score (nSPS) is 10.2. The Morgan fingerprint density at radius 1 is 1.38 bits per heavy atom. The van der Waals surface area contributed by atoms with E-state index in [2.05, 4.69) is 15.9 Å². The van der Waals surface area contributed by atoms with Gasteiger partial charge in [-0.3, -0.25) is 4.79 Å². The molecule has 5 heteroatoms. The molecular formula is C11H11BrCl2O2. The van der Waals surface area contributed by atoms with Gasteiger partial charge in [0.1, 0.15) is 5.75 Å². The number of alkyl halides is 1. The first-order chi connectivity index (χ1) is 7.60. The minimum absolute atomic E-state index is 0.000540. The zero-order valence-electron chi connectivity index (χ0n) is 8.73. The van der Waals surface area contributed by atoms with E-state index in [1.165, 1.54) is 13.2 Å². The number of methoxy groups -OCH3 is 1. The largest absolute Gasteiger partial charge is 0.495 e. The molecule has 1 aromatic rings. The van der Waals surface area contributed by atoms with Crippen LogP contribution < -0.4 is 4.74 Å². The van der Waals surface area contributed by atoms with E-state index in [0.29, 0.717) is 27.8 Å². The van der Waals surface area contributed by atoms with Crippen molar-refractivity contribution in [3.63, 3.8) is 0 Å². The fourth-order valence-corrected chi connectivity index (χ4v) is 2.11. The summed E-state index contributed by atoms with van der Waals surface area (Å²) in [5.74, 6) is 0.465. The van der Waals surface area contributed by atoms with Gasteiger partial charge in [0.2, 0.25) is 0 Å². The Hall–Kier alpha value is -0.250. The molecule has 0 saturated carbocycles. The highest BCUT2D eigenvalue weighted by Crippen LogP contribution is 2.31. The van der Waals surface area contributed by atoms with Crippen LogP contribution in [0, 0.1) is 0 Å². The van der Waals surface area contributed by atoms with E-state index in [9.17, 15) is 4.79 Å². The summed E-state index contributed by atoms with van der Waals surface area (Å²) in [6, 6.07) is 3.12. The lowest BCUT2D eigenvalue weighted by atomic mass is 10.1. The molecule has 0 heterocycles. The first kappa shape index (κ1) is 13.8. The quantitative estimate of drug-likeness (QED) is 0.594. The number of halogens is 3. The van der Waals surface area contributed by atoms with Crippen LogP contribution in [0.3, 0.4) is 0 Å². The molecule has 0 bridgehead atoms. The van der Waals surface area contributed by atoms with Gasteiger partial charge in [-0.15, -0.1) is 0 Å². The molecule has 0 radical (unpaired) electrons. The minimum Gasteiger partial charge on any atom is -0.495 e. The van der Waals surface area contributed by atoms with Gasteiger partial charge in [0.15, 0.2) is 5.78 Å². The predicted molar refractivity (Wildman–Crippen MR) is 70.4 cm³/mol. The average Bonchev–Trinajstić information content (AvgIpc) is 2.26. The van der Waals surface area contributed by atoms with Gasteiger partial charge in [0.05, 0.1) is 17.2 Å². The second-order valence-corrected chi connectivity index (χ2v) is 4.79. The number of Topliss-reactive ketones (excluding diaryl/α,β-unsaturated/α-hetero) is 1. The molecule has 0 spiro atoms. The van der Waals surface area contributed by atoms with Crippen molar-refractivity contribution in [3.05, 3.63) is 27.7 Å². The van der Waals surface area contributed by atoms with Crippen LogP contribution in [0.1, 0.15) is 23.2 Å². The van der Waals surface area contributed by atoms with E-state index in [-0.39, 0.29) is 5.78 Å². The summed E-state index contributed by atoms with van der Waals surface area (Å²) in [4.78, 5) is 11.8. The van der Waals surface area contributed by atoms with Crippen molar-refractivity contribution in [3.8, 4) is 5.75 Å². The van der Waals surface area contributed by atoms with Crippen LogP contribution >= 0.6 is 39.1 Å². The molecule has 0 aliphatic heterocycles. The van der Waals surface area contributed by atoms with E-state index in [1.54, 1.807) is 6.07 Å². The number of hydrogen-bond acceptors (Lipinski definition) is 2. The molecule has 0 aliphatic carbocycles. The summed E-state index contributed by atoms with van der Waals surface area (Å²) in [6.07, 6.45) is 1.23. The monoisotopic (exact) mass is 324 g/mol. The van der Waals surface area contributed by atoms with E-state index in [1.807, 2.05) is 0 Å². The minimum atomic E-state index is -0.000540. The SMILES string of the molecule is COc1cc(C(=O)CCCBr)c(Cl)cc1Cl. The van der Waals surface area contributed by atoms with Gasteiger partial charge in [-0.2, -0.15) is 0 Å². The van der Waals surface area contributed by atoms with Crippen LogP contribution in [0.25, 0.3) is 0 Å². The maximum atomic E-state index is 11.8. The molecule has 2 nitrogen and oxygen atoms in total. The third-order valence-corrected chi connectivity index (χ3v) is 3.25. The number of benzene rings is 1. The number of carbonyl (C=O) groups excluding carboxylic acids is 1. The molecule has 0 aliphatic rings. The van der Waals surface area contributed by atoms with Crippen LogP contribution in [-0.2, 0) is 0 Å². The van der Waals surface area contributed by atoms with Crippen molar-refractivity contribution < 1.29 is 9.53 Å². The first-order valence-corrected chi connectivity index (χ1v) is 6.60. The molecular weight excluding hydrogens is 315 g/mol. The van der Waals surface area contributed by atoms with Crippen LogP contribution in [-0.4, -0.2) is 18.2 Å². The molecule has 0 N–H and O–H groups in total. The predicted octanol–water partition coefficient (Wildman–Crippen LogP) is 4.36. The third-order valence-electron chi connectivity index (χ3n) is 2.08. The summed E-state index contributed by atoms with van der Waals surface area (Å²) in [7, 11) is 1.50. The summed E-state index contributed by atoms with van der Waals surface area (Å²) in [5, 5.41) is 1.57. The highest BCUT2D eigenvalue weighted by molar-refractivity contribution is 9.09. The molecule has 1 rings (SSSR count). The van der Waals surface area contributed by atoms with E-state index in [4.69, 9.17) is 27.9 Å². The van der Waals surface area contributed by atoms with Gasteiger partial charge in [0.25, 0.3) is 0 Å². The Labute approximate surface area is 113 Å². The van der Waals surface area contributed by atoms with Gasteiger partial charge in [0, 0.05) is 17.3 Å². The van der Waals surface area contributed by atoms with Crippen LogP contribution in [0.15, 0.2) is 12.1 Å². The number of carbonyl (C=O) groups is 1. The highest BCUT2D eigenvalue weighted by Gasteiger charge is 2.13. The molecule has 0 fully saturated rings. The molecule has 0 unspecified atom stereocenters. The van der Waals surface area contributed by atoms with Gasteiger partial charge in [-0.25, -0.2) is 0 Å². The number of ketones is 1. The standard InChI is InChI=1S/C11H11BrCl2O2/c1-16-11-5-7(8(13)6-9(11)14)10(15)3-2-4-12/h5-6H,2-4H2,1H3. The second-order valence-electron chi connectivity index (χ2n) is 3.18. The molecule has 0 aromatic heterocycles. The van der Waals surface area contributed by atoms with Crippen molar-refractivity contribution in [1.82, 2.24) is 0 Å². The van der Waals surface area contributed by atoms with Crippen LogP contribution in [0.2, 0.25) is 10.0 Å². The van der Waals surface area contributed by atoms with Gasteiger partial charge >= 0.3 is 0 Å². The highest BCUT2D eigenvalue weighted by atomic mass is 79.9. The second kappa shape index (κ2) is 6.48. The van der Waals surface area contributed by atoms with Crippen molar-refractivity contribution >= 4 is 44.9 Å². The van der Waals surface area contributed by atoms with Crippen molar-refractivity contribution in [1.29, 1.82) is 0 Å². The maximum Gasteiger partial charge on any atom is 0.164 e. The molecule has 16 heavy (non-hydrogen) atoms. The molecule has 1 aromatic carbocycles. The van der Waals surface area contributed by atoms with Crippen molar-refractivity contribution in [2.75, 3.05) is 12.4 Å². The smallest absolute Gasteiger partial charge is 0.164 e. The number of rotatable bonds is 5. The van der Waals surface area contributed by atoms with E-state index < -0.39 is 0 Å². The zero-order chi connectivity index (χ0) is 12.1. The van der Waals surface area contributed by atoms with Crippen LogP contribution in [0.4, 0.5) is 0 Å². The Balaban J connectivity index is 2.99.